The summed E-state index contributed by atoms with van der Waals surface area (Å²) in [4.78, 5) is 12.2. The summed E-state index contributed by atoms with van der Waals surface area (Å²) < 4.78 is 0. The van der Waals surface area contributed by atoms with Crippen molar-refractivity contribution in [1.29, 1.82) is 5.26 Å². The molecule has 0 aliphatic carbocycles. The first-order valence-corrected chi connectivity index (χ1v) is 7.40. The van der Waals surface area contributed by atoms with Crippen molar-refractivity contribution in [3.8, 4) is 6.07 Å². The van der Waals surface area contributed by atoms with Crippen LogP contribution in [0.1, 0.15) is 24.1 Å². The van der Waals surface area contributed by atoms with Crippen LogP contribution in [-0.4, -0.2) is 5.91 Å². The van der Waals surface area contributed by atoms with Gasteiger partial charge in [0.1, 0.15) is 11.6 Å². The van der Waals surface area contributed by atoms with E-state index in [1.54, 1.807) is 6.08 Å². The predicted octanol–water partition coefficient (Wildman–Crippen LogP) is 4.03. The smallest absolute Gasteiger partial charge is 0.262 e. The van der Waals surface area contributed by atoms with Gasteiger partial charge in [-0.3, -0.25) is 4.79 Å². The molecule has 0 fully saturated rings. The van der Waals surface area contributed by atoms with Gasteiger partial charge in [0.15, 0.2) is 0 Å². The summed E-state index contributed by atoms with van der Waals surface area (Å²) in [6, 6.07) is 21.1. The molecule has 0 saturated carbocycles. The van der Waals surface area contributed by atoms with Crippen LogP contribution in [-0.2, 0) is 4.79 Å². The maximum absolute atomic E-state index is 12.2. The molecule has 0 aromatic heterocycles. The van der Waals surface area contributed by atoms with Crippen molar-refractivity contribution in [2.45, 2.75) is 13.0 Å². The second kappa shape index (κ2) is 8.35. The molecule has 114 valence electrons. The molecule has 0 bridgehead atoms. The van der Waals surface area contributed by atoms with Gasteiger partial charge in [0.05, 0.1) is 6.04 Å². The quantitative estimate of drug-likeness (QED) is 0.515. The number of hydrogen-bond donors (Lipinski definition) is 1. The number of nitrogens with zero attached hydrogens (tertiary/aromatic N) is 1. The van der Waals surface area contributed by atoms with Crippen molar-refractivity contribution in [3.05, 3.63) is 89.5 Å². The molecule has 2 aromatic carbocycles. The molecular weight excluding hydrogens is 284 g/mol. The normalized spacial score (nSPS) is 12.6. The number of carbonyl (C=O) groups is 1. The predicted molar refractivity (Wildman–Crippen MR) is 92.2 cm³/mol. The van der Waals surface area contributed by atoms with E-state index in [0.29, 0.717) is 0 Å². The Hall–Kier alpha value is -3.12. The van der Waals surface area contributed by atoms with E-state index in [0.717, 1.165) is 11.1 Å². The van der Waals surface area contributed by atoms with Crippen LogP contribution in [0.3, 0.4) is 0 Å². The minimum absolute atomic E-state index is 0.0833. The molecule has 3 nitrogen and oxygen atoms in total. The zero-order valence-electron chi connectivity index (χ0n) is 12.9. The largest absolute Gasteiger partial charge is 0.345 e. The van der Waals surface area contributed by atoms with E-state index in [-0.39, 0.29) is 17.5 Å². The first-order valence-electron chi connectivity index (χ1n) is 7.40. The molecule has 2 aromatic rings. The number of carbonyl (C=O) groups excluding carboxylic acids is 1. The number of allylic oxidation sites excluding steroid dienone is 2. The van der Waals surface area contributed by atoms with Gasteiger partial charge in [-0.2, -0.15) is 5.26 Å². The highest BCUT2D eigenvalue weighted by Crippen LogP contribution is 2.12. The summed E-state index contributed by atoms with van der Waals surface area (Å²) in [5.41, 5.74) is 2.09. The third-order valence-corrected chi connectivity index (χ3v) is 3.36. The summed E-state index contributed by atoms with van der Waals surface area (Å²) in [5, 5.41) is 12.0. The van der Waals surface area contributed by atoms with Crippen molar-refractivity contribution in [2.24, 2.45) is 0 Å². The second-order valence-corrected chi connectivity index (χ2v) is 5.07. The van der Waals surface area contributed by atoms with Crippen LogP contribution in [0.15, 0.2) is 78.4 Å². The first-order chi connectivity index (χ1) is 11.2. The molecule has 1 amide bonds. The van der Waals surface area contributed by atoms with E-state index < -0.39 is 0 Å². The Morgan fingerprint density at radius 3 is 2.30 bits per heavy atom. The monoisotopic (exact) mass is 302 g/mol. The van der Waals surface area contributed by atoms with Gasteiger partial charge in [0, 0.05) is 0 Å². The highest BCUT2D eigenvalue weighted by Gasteiger charge is 2.12. The first kappa shape index (κ1) is 16.3. The maximum Gasteiger partial charge on any atom is 0.262 e. The molecule has 2 rings (SSSR count). The fraction of sp³-hybridized carbons (Fsp3) is 0.100. The number of nitriles is 1. The fourth-order valence-corrected chi connectivity index (χ4v) is 2.08. The zero-order valence-corrected chi connectivity index (χ0v) is 12.9. The summed E-state index contributed by atoms with van der Waals surface area (Å²) in [6.07, 6.45) is 5.09. The molecule has 0 aliphatic heterocycles. The number of hydrogen-bond acceptors (Lipinski definition) is 2. The topological polar surface area (TPSA) is 52.9 Å². The van der Waals surface area contributed by atoms with Gasteiger partial charge in [0.25, 0.3) is 5.91 Å². The lowest BCUT2D eigenvalue weighted by atomic mass is 10.1. The molecule has 0 aliphatic rings. The summed E-state index contributed by atoms with van der Waals surface area (Å²) >= 11 is 0. The van der Waals surface area contributed by atoms with E-state index in [4.69, 9.17) is 5.26 Å². The van der Waals surface area contributed by atoms with Gasteiger partial charge in [-0.1, -0.05) is 72.8 Å². The van der Waals surface area contributed by atoms with Crippen LogP contribution in [0.4, 0.5) is 0 Å². The Bertz CT molecular complexity index is 740. The lowest BCUT2D eigenvalue weighted by Gasteiger charge is -2.13. The average Bonchev–Trinajstić information content (AvgIpc) is 2.60. The Labute approximate surface area is 136 Å². The summed E-state index contributed by atoms with van der Waals surface area (Å²) in [6.45, 7) is 1.89. The zero-order chi connectivity index (χ0) is 16.5. The molecule has 0 spiro atoms. The van der Waals surface area contributed by atoms with E-state index in [9.17, 15) is 4.79 Å². The molecule has 23 heavy (non-hydrogen) atoms. The van der Waals surface area contributed by atoms with Gasteiger partial charge in [-0.05, 0) is 24.1 Å². The molecule has 0 heterocycles. The van der Waals surface area contributed by atoms with Crippen molar-refractivity contribution in [3.63, 3.8) is 0 Å². The number of amides is 1. The van der Waals surface area contributed by atoms with Crippen molar-refractivity contribution in [2.75, 3.05) is 0 Å². The van der Waals surface area contributed by atoms with Crippen LogP contribution in [0.2, 0.25) is 0 Å². The Morgan fingerprint density at radius 1 is 1.09 bits per heavy atom. The summed E-state index contributed by atoms with van der Waals surface area (Å²) in [5.74, 6) is -0.374. The molecule has 1 N–H and O–H groups in total. The van der Waals surface area contributed by atoms with Gasteiger partial charge in [0.2, 0.25) is 0 Å². The van der Waals surface area contributed by atoms with E-state index in [1.807, 2.05) is 79.7 Å². The minimum atomic E-state index is -0.374. The molecule has 1 atom stereocenters. The third-order valence-electron chi connectivity index (χ3n) is 3.36. The fourth-order valence-electron chi connectivity index (χ4n) is 2.08. The summed E-state index contributed by atoms with van der Waals surface area (Å²) in [7, 11) is 0. The minimum Gasteiger partial charge on any atom is -0.345 e. The lowest BCUT2D eigenvalue weighted by Crippen LogP contribution is -2.27. The molecule has 0 saturated heterocycles. The second-order valence-electron chi connectivity index (χ2n) is 5.07. The Kier molecular flexibility index (Phi) is 5.90. The molecule has 1 unspecified atom stereocenters. The van der Waals surface area contributed by atoms with Crippen molar-refractivity contribution in [1.82, 2.24) is 5.32 Å². The third kappa shape index (κ3) is 4.98. The van der Waals surface area contributed by atoms with Crippen molar-refractivity contribution < 1.29 is 4.79 Å². The van der Waals surface area contributed by atoms with Crippen LogP contribution in [0.5, 0.6) is 0 Å². The van der Waals surface area contributed by atoms with Crippen LogP contribution in [0.25, 0.3) is 6.08 Å². The van der Waals surface area contributed by atoms with Crippen LogP contribution in [0, 0.1) is 11.3 Å². The molecule has 3 heteroatoms. The van der Waals surface area contributed by atoms with Gasteiger partial charge in [-0.15, -0.1) is 0 Å². The number of benzene rings is 2. The lowest BCUT2D eigenvalue weighted by molar-refractivity contribution is -0.117. The van der Waals surface area contributed by atoms with Gasteiger partial charge in [-0.25, -0.2) is 0 Å². The molecule has 0 radical (unpaired) electrons. The number of rotatable bonds is 5. The van der Waals surface area contributed by atoms with Gasteiger partial charge < -0.3 is 5.32 Å². The molecular formula is C20H18N2O. The highest BCUT2D eigenvalue weighted by atomic mass is 16.1. The van der Waals surface area contributed by atoms with Crippen molar-refractivity contribution >= 4 is 12.0 Å². The Morgan fingerprint density at radius 2 is 1.70 bits per heavy atom. The standard InChI is InChI=1S/C20H18N2O/c1-16(18-12-6-3-7-13-18)22-20(23)19(15-21)14-8-11-17-9-4-2-5-10-17/h2-14,16H,1H3,(H,22,23)/b11-8+,19-14+. The van der Waals surface area contributed by atoms with Gasteiger partial charge >= 0.3 is 0 Å². The number of nitrogens with one attached hydrogen (secondary N) is 1. The van der Waals surface area contributed by atoms with Crippen LogP contribution < -0.4 is 5.32 Å². The Balaban J connectivity index is 2.02. The van der Waals surface area contributed by atoms with E-state index in [1.165, 1.54) is 6.08 Å². The maximum atomic E-state index is 12.2. The van der Waals surface area contributed by atoms with E-state index in [2.05, 4.69) is 5.32 Å². The van der Waals surface area contributed by atoms with Crippen LogP contribution >= 0.6 is 0 Å². The average molecular weight is 302 g/mol. The highest BCUT2D eigenvalue weighted by molar-refractivity contribution is 5.97. The SMILES string of the molecule is CC(NC(=O)/C(C#N)=C/C=C/c1ccccc1)c1ccccc1. The van der Waals surface area contributed by atoms with E-state index >= 15 is 0 Å².